The molecule has 0 fully saturated rings. The lowest BCUT2D eigenvalue weighted by Gasteiger charge is -2.06. The van der Waals surface area contributed by atoms with Crippen LogP contribution >= 0.6 is 11.8 Å². The Morgan fingerprint density at radius 3 is 3.00 bits per heavy atom. The Morgan fingerprint density at radius 2 is 2.15 bits per heavy atom. The summed E-state index contributed by atoms with van der Waals surface area (Å²) in [6, 6.07) is 13.3. The van der Waals surface area contributed by atoms with E-state index in [0.717, 1.165) is 21.5 Å². The van der Waals surface area contributed by atoms with Crippen LogP contribution in [-0.2, 0) is 0 Å². The van der Waals surface area contributed by atoms with E-state index in [1.54, 1.807) is 30.1 Å². The van der Waals surface area contributed by atoms with Gasteiger partial charge in [-0.1, -0.05) is 12.1 Å². The SMILES string of the molecule is CSc1cccc(NC(=O)c2ccc3cn[nH]c3c2)c1. The van der Waals surface area contributed by atoms with Gasteiger partial charge >= 0.3 is 0 Å². The minimum absolute atomic E-state index is 0.125. The Labute approximate surface area is 120 Å². The Hall–Kier alpha value is -2.27. The molecule has 1 aromatic heterocycles. The van der Waals surface area contributed by atoms with Crippen molar-refractivity contribution in [1.29, 1.82) is 0 Å². The van der Waals surface area contributed by atoms with Gasteiger partial charge in [-0.2, -0.15) is 5.10 Å². The van der Waals surface area contributed by atoms with Crippen LogP contribution < -0.4 is 5.32 Å². The number of hydrogen-bond donors (Lipinski definition) is 2. The zero-order valence-corrected chi connectivity index (χ0v) is 11.7. The molecule has 2 aromatic carbocycles. The number of thioether (sulfide) groups is 1. The minimum Gasteiger partial charge on any atom is -0.322 e. The van der Waals surface area contributed by atoms with Crippen LogP contribution in [0.3, 0.4) is 0 Å². The van der Waals surface area contributed by atoms with Gasteiger partial charge in [-0.25, -0.2) is 0 Å². The van der Waals surface area contributed by atoms with Gasteiger partial charge in [0.1, 0.15) is 0 Å². The van der Waals surface area contributed by atoms with Crippen LogP contribution in [0.4, 0.5) is 5.69 Å². The maximum Gasteiger partial charge on any atom is 0.255 e. The van der Waals surface area contributed by atoms with E-state index in [-0.39, 0.29) is 5.91 Å². The van der Waals surface area contributed by atoms with Gasteiger partial charge in [-0.05, 0) is 36.6 Å². The third-order valence-corrected chi connectivity index (χ3v) is 3.76. The van der Waals surface area contributed by atoms with Crippen molar-refractivity contribution >= 4 is 34.3 Å². The highest BCUT2D eigenvalue weighted by molar-refractivity contribution is 7.98. The molecule has 0 saturated carbocycles. The van der Waals surface area contributed by atoms with Crippen molar-refractivity contribution in [2.75, 3.05) is 11.6 Å². The number of benzene rings is 2. The number of amides is 1. The molecule has 1 heterocycles. The summed E-state index contributed by atoms with van der Waals surface area (Å²) in [5.74, 6) is -0.125. The second kappa shape index (κ2) is 5.38. The molecule has 0 spiro atoms. The second-order valence-electron chi connectivity index (χ2n) is 4.36. The summed E-state index contributed by atoms with van der Waals surface area (Å²) in [6.45, 7) is 0. The Bertz CT molecular complexity index is 766. The number of H-pyrrole nitrogens is 1. The van der Waals surface area contributed by atoms with Crippen molar-refractivity contribution in [1.82, 2.24) is 10.2 Å². The fourth-order valence-electron chi connectivity index (χ4n) is 1.98. The van der Waals surface area contributed by atoms with E-state index in [1.807, 2.05) is 36.6 Å². The fourth-order valence-corrected chi connectivity index (χ4v) is 2.44. The summed E-state index contributed by atoms with van der Waals surface area (Å²) in [5, 5.41) is 10.7. The molecule has 2 N–H and O–H groups in total. The summed E-state index contributed by atoms with van der Waals surface area (Å²) in [5.41, 5.74) is 2.26. The molecule has 4 nitrogen and oxygen atoms in total. The number of fused-ring (bicyclic) bond motifs is 1. The summed E-state index contributed by atoms with van der Waals surface area (Å²) < 4.78 is 0. The van der Waals surface area contributed by atoms with Crippen molar-refractivity contribution in [2.45, 2.75) is 4.90 Å². The van der Waals surface area contributed by atoms with Gasteiger partial charge in [0.05, 0.1) is 11.7 Å². The lowest BCUT2D eigenvalue weighted by molar-refractivity contribution is 0.102. The number of aromatic amines is 1. The topological polar surface area (TPSA) is 57.8 Å². The predicted octanol–water partition coefficient (Wildman–Crippen LogP) is 3.54. The van der Waals surface area contributed by atoms with E-state index < -0.39 is 0 Å². The number of carbonyl (C=O) groups excluding carboxylic acids is 1. The molecule has 3 aromatic rings. The Kier molecular flexibility index (Phi) is 3.43. The summed E-state index contributed by atoms with van der Waals surface area (Å²) >= 11 is 1.64. The first kappa shape index (κ1) is 12.7. The van der Waals surface area contributed by atoms with E-state index in [0.29, 0.717) is 5.56 Å². The third-order valence-electron chi connectivity index (χ3n) is 3.03. The maximum absolute atomic E-state index is 12.2. The first-order valence-corrected chi connectivity index (χ1v) is 7.37. The molecular formula is C15H13N3OS. The van der Waals surface area contributed by atoms with Crippen molar-refractivity contribution in [2.24, 2.45) is 0 Å². The van der Waals surface area contributed by atoms with Gasteiger partial charge in [0.15, 0.2) is 0 Å². The largest absolute Gasteiger partial charge is 0.322 e. The number of carbonyl (C=O) groups is 1. The molecule has 5 heteroatoms. The highest BCUT2D eigenvalue weighted by atomic mass is 32.2. The normalized spacial score (nSPS) is 10.7. The molecule has 0 bridgehead atoms. The van der Waals surface area contributed by atoms with Crippen molar-refractivity contribution in [3.63, 3.8) is 0 Å². The zero-order chi connectivity index (χ0) is 13.9. The second-order valence-corrected chi connectivity index (χ2v) is 5.24. The smallest absolute Gasteiger partial charge is 0.255 e. The van der Waals surface area contributed by atoms with Crippen LogP contribution in [0.5, 0.6) is 0 Å². The van der Waals surface area contributed by atoms with Gasteiger partial charge in [0.2, 0.25) is 0 Å². The van der Waals surface area contributed by atoms with Crippen LogP contribution in [0.15, 0.2) is 53.6 Å². The molecule has 0 radical (unpaired) electrons. The van der Waals surface area contributed by atoms with Gasteiger partial charge in [0.25, 0.3) is 5.91 Å². The average Bonchev–Trinajstić information content (AvgIpc) is 2.94. The van der Waals surface area contributed by atoms with E-state index in [4.69, 9.17) is 0 Å². The molecule has 0 aliphatic heterocycles. The average molecular weight is 283 g/mol. The van der Waals surface area contributed by atoms with Crippen molar-refractivity contribution in [3.8, 4) is 0 Å². The molecule has 100 valence electrons. The molecule has 20 heavy (non-hydrogen) atoms. The standard InChI is InChI=1S/C15H13N3OS/c1-20-13-4-2-3-12(8-13)17-15(19)10-5-6-11-9-16-18-14(11)7-10/h2-9H,1H3,(H,16,18)(H,17,19). The van der Waals surface area contributed by atoms with E-state index in [9.17, 15) is 4.79 Å². The maximum atomic E-state index is 12.2. The molecule has 0 aliphatic carbocycles. The molecule has 1 amide bonds. The molecular weight excluding hydrogens is 270 g/mol. The minimum atomic E-state index is -0.125. The lowest BCUT2D eigenvalue weighted by atomic mass is 10.1. The lowest BCUT2D eigenvalue weighted by Crippen LogP contribution is -2.11. The van der Waals surface area contributed by atoms with Crippen molar-refractivity contribution in [3.05, 3.63) is 54.2 Å². The highest BCUT2D eigenvalue weighted by Gasteiger charge is 2.08. The molecule has 0 unspecified atom stereocenters. The van der Waals surface area contributed by atoms with Crippen molar-refractivity contribution < 1.29 is 4.79 Å². The van der Waals surface area contributed by atoms with E-state index in [1.165, 1.54) is 0 Å². The summed E-state index contributed by atoms with van der Waals surface area (Å²) in [6.07, 6.45) is 3.74. The Balaban J connectivity index is 1.84. The third kappa shape index (κ3) is 2.53. The fraction of sp³-hybridized carbons (Fsp3) is 0.0667. The molecule has 0 atom stereocenters. The van der Waals surface area contributed by atoms with Crippen LogP contribution in [0, 0.1) is 0 Å². The number of hydrogen-bond acceptors (Lipinski definition) is 3. The van der Waals surface area contributed by atoms with Gasteiger partial charge in [0, 0.05) is 21.5 Å². The van der Waals surface area contributed by atoms with Crippen LogP contribution in [0.2, 0.25) is 0 Å². The first-order chi connectivity index (χ1) is 9.76. The number of nitrogens with one attached hydrogen (secondary N) is 2. The monoisotopic (exact) mass is 283 g/mol. The molecule has 0 saturated heterocycles. The van der Waals surface area contributed by atoms with Crippen LogP contribution in [0.1, 0.15) is 10.4 Å². The first-order valence-electron chi connectivity index (χ1n) is 6.15. The quantitative estimate of drug-likeness (QED) is 0.723. The van der Waals surface area contributed by atoms with Crippen LogP contribution in [0.25, 0.3) is 10.9 Å². The molecule has 3 rings (SSSR count). The number of rotatable bonds is 3. The summed E-state index contributed by atoms with van der Waals surface area (Å²) in [4.78, 5) is 13.3. The summed E-state index contributed by atoms with van der Waals surface area (Å²) in [7, 11) is 0. The van der Waals surface area contributed by atoms with E-state index >= 15 is 0 Å². The van der Waals surface area contributed by atoms with Gasteiger partial charge in [-0.3, -0.25) is 9.89 Å². The number of nitrogens with zero attached hydrogens (tertiary/aromatic N) is 1. The number of anilines is 1. The predicted molar refractivity (Wildman–Crippen MR) is 82.3 cm³/mol. The number of aromatic nitrogens is 2. The van der Waals surface area contributed by atoms with Gasteiger partial charge < -0.3 is 5.32 Å². The van der Waals surface area contributed by atoms with Crippen LogP contribution in [-0.4, -0.2) is 22.4 Å². The van der Waals surface area contributed by atoms with Gasteiger partial charge in [-0.15, -0.1) is 11.8 Å². The van der Waals surface area contributed by atoms with E-state index in [2.05, 4.69) is 15.5 Å². The zero-order valence-electron chi connectivity index (χ0n) is 10.9. The highest BCUT2D eigenvalue weighted by Crippen LogP contribution is 2.20. The Morgan fingerprint density at radius 1 is 1.25 bits per heavy atom. The molecule has 0 aliphatic rings.